The molecule has 2 unspecified atom stereocenters. The van der Waals surface area contributed by atoms with Crippen molar-refractivity contribution < 1.29 is 4.74 Å². The third kappa shape index (κ3) is 5.11. The number of allylic oxidation sites excluding steroid dienone is 2. The van der Waals surface area contributed by atoms with E-state index in [9.17, 15) is 0 Å². The molecule has 0 N–H and O–H groups in total. The zero-order valence-corrected chi connectivity index (χ0v) is 31.4. The highest BCUT2D eigenvalue weighted by atomic mass is 32.1. The van der Waals surface area contributed by atoms with Crippen molar-refractivity contribution in [2.75, 3.05) is 0 Å². The third-order valence-electron chi connectivity index (χ3n) is 11.4. The molecule has 2 aliphatic rings. The molecule has 0 saturated carbocycles. The standard InChI is InChI=1S/C51H32N4OS/c1-3-13-31(14-4-1)49-52-50(32-15-5-2-6-16-32)54-51(53-49)34-26-28-46-41(30-34)39-21-11-19-35(48(39)57-46)33-25-27-45-40(29-33)38-20-12-24-44(47(38)56-45)55-42-22-9-7-17-36(42)37-18-8-10-23-43(37)55/h1-30,38,47H. The number of hydrogen-bond donors (Lipinski definition) is 0. The van der Waals surface area contributed by atoms with Gasteiger partial charge in [0, 0.05) is 59.1 Å². The molecule has 268 valence electrons. The number of hydrogen-bond acceptors (Lipinski definition) is 5. The van der Waals surface area contributed by atoms with E-state index in [0.717, 1.165) is 28.1 Å². The van der Waals surface area contributed by atoms with Crippen LogP contribution in [-0.2, 0) is 0 Å². The molecule has 10 aromatic rings. The van der Waals surface area contributed by atoms with Gasteiger partial charge in [0.15, 0.2) is 17.5 Å². The van der Waals surface area contributed by atoms with Crippen molar-refractivity contribution in [3.63, 3.8) is 0 Å². The van der Waals surface area contributed by atoms with Gasteiger partial charge in [0.05, 0.1) is 16.7 Å². The summed E-state index contributed by atoms with van der Waals surface area (Å²) in [6, 6.07) is 57.6. The lowest BCUT2D eigenvalue weighted by atomic mass is 9.88. The van der Waals surface area contributed by atoms with Crippen LogP contribution in [0.3, 0.4) is 0 Å². The van der Waals surface area contributed by atoms with Crippen LogP contribution >= 0.6 is 11.3 Å². The van der Waals surface area contributed by atoms with E-state index in [0.29, 0.717) is 17.5 Å². The minimum absolute atomic E-state index is 0.103. The smallest absolute Gasteiger partial charge is 0.164 e. The predicted octanol–water partition coefficient (Wildman–Crippen LogP) is 13.0. The topological polar surface area (TPSA) is 52.8 Å². The van der Waals surface area contributed by atoms with E-state index in [1.807, 2.05) is 72.0 Å². The van der Waals surface area contributed by atoms with Gasteiger partial charge in [-0.15, -0.1) is 11.3 Å². The van der Waals surface area contributed by atoms with E-state index in [2.05, 4.69) is 126 Å². The normalized spacial score (nSPS) is 15.9. The summed E-state index contributed by atoms with van der Waals surface area (Å²) in [6.07, 6.45) is 6.60. The molecule has 0 radical (unpaired) electrons. The van der Waals surface area contributed by atoms with Crippen LogP contribution in [0, 0.1) is 0 Å². The molecule has 57 heavy (non-hydrogen) atoms. The Bertz CT molecular complexity index is 3180. The van der Waals surface area contributed by atoms with Crippen molar-refractivity contribution in [1.82, 2.24) is 19.5 Å². The summed E-state index contributed by atoms with van der Waals surface area (Å²) in [5, 5.41) is 4.92. The van der Waals surface area contributed by atoms with Crippen LogP contribution in [0.1, 0.15) is 11.5 Å². The largest absolute Gasteiger partial charge is 0.483 e. The lowest BCUT2D eigenvalue weighted by Gasteiger charge is -2.25. The van der Waals surface area contributed by atoms with Crippen molar-refractivity contribution in [2.45, 2.75) is 12.0 Å². The first-order valence-corrected chi connectivity index (χ1v) is 20.1. The zero-order chi connectivity index (χ0) is 37.5. The Hall–Kier alpha value is -7.15. The summed E-state index contributed by atoms with van der Waals surface area (Å²) in [5.41, 5.74) is 10.1. The van der Waals surface area contributed by atoms with Gasteiger partial charge in [-0.2, -0.15) is 0 Å². The first-order valence-electron chi connectivity index (χ1n) is 19.3. The van der Waals surface area contributed by atoms with Crippen molar-refractivity contribution in [2.24, 2.45) is 0 Å². The third-order valence-corrected chi connectivity index (χ3v) is 12.6. The average molecular weight is 749 g/mol. The highest BCUT2D eigenvalue weighted by molar-refractivity contribution is 7.26. The summed E-state index contributed by atoms with van der Waals surface area (Å²) >= 11 is 1.83. The van der Waals surface area contributed by atoms with Gasteiger partial charge in [0.1, 0.15) is 11.9 Å². The Morgan fingerprint density at radius 1 is 0.509 bits per heavy atom. The van der Waals surface area contributed by atoms with Crippen molar-refractivity contribution >= 4 is 59.0 Å². The number of ether oxygens (including phenoxy) is 1. The minimum atomic E-state index is -0.127. The molecule has 0 bridgehead atoms. The molecule has 3 aromatic heterocycles. The molecule has 2 atom stereocenters. The fourth-order valence-electron chi connectivity index (χ4n) is 8.78. The van der Waals surface area contributed by atoms with Gasteiger partial charge in [-0.1, -0.05) is 133 Å². The van der Waals surface area contributed by atoms with E-state index in [1.54, 1.807) is 0 Å². The highest BCUT2D eigenvalue weighted by Crippen LogP contribution is 2.49. The second-order valence-corrected chi connectivity index (χ2v) is 15.7. The lowest BCUT2D eigenvalue weighted by molar-refractivity contribution is 0.272. The fourth-order valence-corrected chi connectivity index (χ4v) is 10.00. The van der Waals surface area contributed by atoms with Crippen LogP contribution in [0.2, 0.25) is 0 Å². The number of nitrogens with zero attached hydrogens (tertiary/aromatic N) is 4. The summed E-state index contributed by atoms with van der Waals surface area (Å²) in [7, 11) is 0. The first kappa shape index (κ1) is 32.1. The predicted molar refractivity (Wildman–Crippen MR) is 234 cm³/mol. The minimum Gasteiger partial charge on any atom is -0.483 e. The fraction of sp³-hybridized carbons (Fsp3) is 0.0392. The van der Waals surface area contributed by atoms with Crippen LogP contribution in [0.4, 0.5) is 0 Å². The molecule has 5 nitrogen and oxygen atoms in total. The number of fused-ring (bicyclic) bond motifs is 9. The molecular weight excluding hydrogens is 717 g/mol. The van der Waals surface area contributed by atoms with Crippen molar-refractivity contribution in [3.8, 4) is 51.0 Å². The molecule has 1 aliphatic heterocycles. The Kier molecular flexibility index (Phi) is 7.16. The van der Waals surface area contributed by atoms with E-state index in [-0.39, 0.29) is 12.0 Å². The molecule has 12 rings (SSSR count). The van der Waals surface area contributed by atoms with Crippen molar-refractivity contribution in [1.29, 1.82) is 0 Å². The summed E-state index contributed by atoms with van der Waals surface area (Å²) < 4.78 is 11.7. The van der Waals surface area contributed by atoms with Gasteiger partial charge in [-0.3, -0.25) is 0 Å². The number of thiophene rings is 1. The van der Waals surface area contributed by atoms with Crippen LogP contribution in [0.25, 0.3) is 93.0 Å². The quantitative estimate of drug-likeness (QED) is 0.176. The summed E-state index contributed by atoms with van der Waals surface area (Å²) in [6.45, 7) is 0. The maximum Gasteiger partial charge on any atom is 0.164 e. The molecule has 0 spiro atoms. The van der Waals surface area contributed by atoms with Crippen molar-refractivity contribution in [3.05, 3.63) is 188 Å². The Balaban J connectivity index is 0.932. The monoisotopic (exact) mass is 748 g/mol. The van der Waals surface area contributed by atoms with Gasteiger partial charge in [0.2, 0.25) is 0 Å². The molecule has 4 heterocycles. The number of benzene rings is 7. The van der Waals surface area contributed by atoms with Gasteiger partial charge in [0.25, 0.3) is 0 Å². The van der Waals surface area contributed by atoms with Crippen LogP contribution in [0.15, 0.2) is 182 Å². The molecule has 0 fully saturated rings. The molecule has 0 amide bonds. The van der Waals surface area contributed by atoms with Gasteiger partial charge >= 0.3 is 0 Å². The Morgan fingerprint density at radius 3 is 1.82 bits per heavy atom. The Morgan fingerprint density at radius 2 is 1.12 bits per heavy atom. The molecule has 0 saturated heterocycles. The second-order valence-electron chi connectivity index (χ2n) is 14.7. The average Bonchev–Trinajstić information content (AvgIpc) is 3.96. The lowest BCUT2D eigenvalue weighted by Crippen LogP contribution is -2.24. The zero-order valence-electron chi connectivity index (χ0n) is 30.6. The summed E-state index contributed by atoms with van der Waals surface area (Å²) in [5.74, 6) is 3.02. The van der Waals surface area contributed by atoms with E-state index in [4.69, 9.17) is 19.7 Å². The molecular formula is C51H32N4OS. The Labute approximate surface area is 332 Å². The highest BCUT2D eigenvalue weighted by Gasteiger charge is 2.38. The SMILES string of the molecule is C1=CC2c3cc(-c4cccc5c4sc4ccc(-c6nc(-c7ccccc7)nc(-c7ccccc7)n6)cc45)ccc3OC2C(n2c3ccccc3c3ccccc32)=C1. The number of para-hydroxylation sites is 2. The first-order chi connectivity index (χ1) is 28.2. The van der Waals surface area contributed by atoms with Gasteiger partial charge in [-0.05, 0) is 59.7 Å². The van der Waals surface area contributed by atoms with Crippen LogP contribution in [0.5, 0.6) is 5.75 Å². The van der Waals surface area contributed by atoms with Crippen LogP contribution in [-0.4, -0.2) is 25.6 Å². The maximum absolute atomic E-state index is 6.85. The number of aromatic nitrogens is 4. The van der Waals surface area contributed by atoms with E-state index in [1.165, 1.54) is 58.7 Å². The van der Waals surface area contributed by atoms with E-state index >= 15 is 0 Å². The van der Waals surface area contributed by atoms with Crippen LogP contribution < -0.4 is 4.74 Å². The van der Waals surface area contributed by atoms with Gasteiger partial charge < -0.3 is 9.30 Å². The maximum atomic E-state index is 6.85. The number of rotatable bonds is 5. The molecule has 1 aliphatic carbocycles. The summed E-state index contributed by atoms with van der Waals surface area (Å²) in [4.78, 5) is 14.9. The van der Waals surface area contributed by atoms with Gasteiger partial charge in [-0.25, -0.2) is 15.0 Å². The molecule has 7 aromatic carbocycles. The molecule has 6 heteroatoms. The van der Waals surface area contributed by atoms with E-state index < -0.39 is 0 Å². The second kappa shape index (κ2) is 12.7.